The summed E-state index contributed by atoms with van der Waals surface area (Å²) in [5.41, 5.74) is 3.78. The Kier molecular flexibility index (Phi) is 4.83. The van der Waals surface area contributed by atoms with Crippen LogP contribution in [0.5, 0.6) is 0 Å². The van der Waals surface area contributed by atoms with E-state index in [1.165, 1.54) is 0 Å². The Balaban J connectivity index is 2.25. The van der Waals surface area contributed by atoms with Crippen LogP contribution in [0.3, 0.4) is 0 Å². The summed E-state index contributed by atoms with van der Waals surface area (Å²) in [5, 5.41) is 9.61. The highest BCUT2D eigenvalue weighted by Crippen LogP contribution is 2.25. The maximum atomic E-state index is 12.9. The van der Waals surface area contributed by atoms with E-state index in [0.717, 1.165) is 22.3 Å². The van der Waals surface area contributed by atoms with Crippen molar-refractivity contribution in [3.05, 3.63) is 65.1 Å². The van der Waals surface area contributed by atoms with Crippen molar-refractivity contribution >= 4 is 11.2 Å². The van der Waals surface area contributed by atoms with Crippen LogP contribution in [-0.2, 0) is 19.7 Å². The first-order chi connectivity index (χ1) is 12.4. The van der Waals surface area contributed by atoms with Crippen LogP contribution >= 0.6 is 0 Å². The maximum absolute atomic E-state index is 12.9. The van der Waals surface area contributed by atoms with Gasteiger partial charge in [0.2, 0.25) is 0 Å². The van der Waals surface area contributed by atoms with Gasteiger partial charge >= 0.3 is 5.69 Å². The second-order valence-electron chi connectivity index (χ2n) is 7.68. The van der Waals surface area contributed by atoms with Gasteiger partial charge in [-0.15, -0.1) is 6.58 Å². The fourth-order valence-corrected chi connectivity index (χ4v) is 3.17. The third-order valence-electron chi connectivity index (χ3n) is 4.27. The Labute approximate surface area is 153 Å². The van der Waals surface area contributed by atoms with Crippen LogP contribution in [0, 0.1) is 5.41 Å². The van der Waals surface area contributed by atoms with Crippen LogP contribution in [0.4, 0.5) is 0 Å². The van der Waals surface area contributed by atoms with Gasteiger partial charge in [0.15, 0.2) is 5.65 Å². The molecule has 5 heteroatoms. The van der Waals surface area contributed by atoms with Gasteiger partial charge in [-0.05, 0) is 23.1 Å². The molecule has 2 heterocycles. The first kappa shape index (κ1) is 18.1. The standard InChI is InChI=1S/C21H25N3O2/c1-5-12-23-19-18(24(20(23)26)14-21(2,3)4)11-10-17(22-19)16-9-7-6-8-15(16)13-25/h5-11,25H,1,12-14H2,2-4H3. The average Bonchev–Trinajstić information content (AvgIpc) is 2.86. The van der Waals surface area contributed by atoms with E-state index < -0.39 is 0 Å². The average molecular weight is 351 g/mol. The summed E-state index contributed by atoms with van der Waals surface area (Å²) in [6.45, 7) is 11.0. The van der Waals surface area contributed by atoms with E-state index in [2.05, 4.69) is 27.4 Å². The molecule has 136 valence electrons. The zero-order chi connectivity index (χ0) is 18.9. The fraction of sp³-hybridized carbons (Fsp3) is 0.333. The normalized spacial score (nSPS) is 11.8. The van der Waals surface area contributed by atoms with Crippen molar-refractivity contribution in [2.75, 3.05) is 0 Å². The number of benzene rings is 1. The molecule has 0 aliphatic carbocycles. The third-order valence-corrected chi connectivity index (χ3v) is 4.27. The molecule has 0 aliphatic rings. The summed E-state index contributed by atoms with van der Waals surface area (Å²) in [6.07, 6.45) is 1.71. The van der Waals surface area contributed by atoms with Gasteiger partial charge in [-0.3, -0.25) is 9.13 Å². The number of aliphatic hydroxyl groups is 1. The van der Waals surface area contributed by atoms with Crippen molar-refractivity contribution in [2.24, 2.45) is 5.41 Å². The Morgan fingerprint density at radius 3 is 2.54 bits per heavy atom. The van der Waals surface area contributed by atoms with Crippen LogP contribution in [0.25, 0.3) is 22.4 Å². The number of fused-ring (bicyclic) bond motifs is 1. The zero-order valence-electron chi connectivity index (χ0n) is 15.6. The highest BCUT2D eigenvalue weighted by Gasteiger charge is 2.20. The van der Waals surface area contributed by atoms with Gasteiger partial charge in [-0.1, -0.05) is 51.1 Å². The maximum Gasteiger partial charge on any atom is 0.330 e. The first-order valence-corrected chi connectivity index (χ1v) is 8.76. The third kappa shape index (κ3) is 3.35. The number of hydrogen-bond acceptors (Lipinski definition) is 3. The first-order valence-electron chi connectivity index (χ1n) is 8.76. The highest BCUT2D eigenvalue weighted by molar-refractivity contribution is 5.77. The van der Waals surface area contributed by atoms with Gasteiger partial charge < -0.3 is 5.11 Å². The monoisotopic (exact) mass is 351 g/mol. The molecule has 0 atom stereocenters. The quantitative estimate of drug-likeness (QED) is 0.715. The van der Waals surface area contributed by atoms with Crippen molar-refractivity contribution in [2.45, 2.75) is 40.5 Å². The summed E-state index contributed by atoms with van der Waals surface area (Å²) in [5.74, 6) is 0. The molecular weight excluding hydrogens is 326 g/mol. The van der Waals surface area contributed by atoms with Gasteiger partial charge in [0.25, 0.3) is 0 Å². The molecule has 0 saturated carbocycles. The topological polar surface area (TPSA) is 60.0 Å². The van der Waals surface area contributed by atoms with Gasteiger partial charge in [0, 0.05) is 18.7 Å². The SMILES string of the molecule is C=CCn1c(=O)n(CC(C)(C)C)c2ccc(-c3ccccc3CO)nc21. The molecule has 0 fully saturated rings. The molecule has 0 saturated heterocycles. The Bertz CT molecular complexity index is 1010. The van der Waals surface area contributed by atoms with Gasteiger partial charge in [-0.25, -0.2) is 9.78 Å². The second-order valence-corrected chi connectivity index (χ2v) is 7.68. The van der Waals surface area contributed by atoms with Crippen LogP contribution in [-0.4, -0.2) is 19.2 Å². The fourth-order valence-electron chi connectivity index (χ4n) is 3.17. The lowest BCUT2D eigenvalue weighted by molar-refractivity contribution is 0.282. The van der Waals surface area contributed by atoms with Crippen LogP contribution < -0.4 is 5.69 Å². The number of allylic oxidation sites excluding steroid dienone is 1. The molecule has 0 bridgehead atoms. The van der Waals surface area contributed by atoms with Crippen molar-refractivity contribution in [1.82, 2.24) is 14.1 Å². The molecule has 26 heavy (non-hydrogen) atoms. The van der Waals surface area contributed by atoms with Gasteiger partial charge in [-0.2, -0.15) is 0 Å². The summed E-state index contributed by atoms with van der Waals surface area (Å²) in [4.78, 5) is 17.7. The summed E-state index contributed by atoms with van der Waals surface area (Å²) < 4.78 is 3.44. The predicted molar refractivity (Wildman–Crippen MR) is 105 cm³/mol. The molecule has 0 unspecified atom stereocenters. The van der Waals surface area contributed by atoms with Crippen molar-refractivity contribution in [1.29, 1.82) is 0 Å². The lowest BCUT2D eigenvalue weighted by atomic mass is 9.97. The van der Waals surface area contributed by atoms with Crippen LogP contribution in [0.2, 0.25) is 0 Å². The summed E-state index contributed by atoms with van der Waals surface area (Å²) >= 11 is 0. The molecule has 1 N–H and O–H groups in total. The van der Waals surface area contributed by atoms with E-state index in [1.807, 2.05) is 36.4 Å². The Morgan fingerprint density at radius 2 is 1.88 bits per heavy atom. The highest BCUT2D eigenvalue weighted by atomic mass is 16.3. The lowest BCUT2D eigenvalue weighted by Gasteiger charge is -2.18. The molecule has 3 rings (SSSR count). The van der Waals surface area contributed by atoms with Gasteiger partial charge in [0.05, 0.1) is 17.8 Å². The minimum Gasteiger partial charge on any atom is -0.392 e. The number of nitrogens with zero attached hydrogens (tertiary/aromatic N) is 3. The zero-order valence-corrected chi connectivity index (χ0v) is 15.6. The minimum atomic E-state index is -0.0741. The Hall–Kier alpha value is -2.66. The minimum absolute atomic E-state index is 0.0285. The molecule has 2 aromatic heterocycles. The van der Waals surface area contributed by atoms with E-state index in [1.54, 1.807) is 15.2 Å². The molecule has 1 aromatic carbocycles. The van der Waals surface area contributed by atoms with E-state index in [0.29, 0.717) is 18.7 Å². The van der Waals surface area contributed by atoms with E-state index >= 15 is 0 Å². The van der Waals surface area contributed by atoms with Gasteiger partial charge in [0.1, 0.15) is 0 Å². The summed E-state index contributed by atoms with van der Waals surface area (Å²) in [7, 11) is 0. The number of aromatic nitrogens is 3. The number of aliphatic hydroxyl groups excluding tert-OH is 1. The molecule has 0 amide bonds. The molecule has 5 nitrogen and oxygen atoms in total. The smallest absolute Gasteiger partial charge is 0.330 e. The summed E-state index contributed by atoms with van der Waals surface area (Å²) in [6, 6.07) is 11.5. The van der Waals surface area contributed by atoms with Crippen molar-refractivity contribution in [3.8, 4) is 11.3 Å². The molecule has 0 aliphatic heterocycles. The van der Waals surface area contributed by atoms with Crippen LogP contribution in [0.15, 0.2) is 53.8 Å². The Morgan fingerprint density at radius 1 is 1.15 bits per heavy atom. The van der Waals surface area contributed by atoms with Crippen molar-refractivity contribution < 1.29 is 5.11 Å². The van der Waals surface area contributed by atoms with Crippen LogP contribution in [0.1, 0.15) is 26.3 Å². The molecule has 0 radical (unpaired) electrons. The lowest BCUT2D eigenvalue weighted by Crippen LogP contribution is -2.28. The largest absolute Gasteiger partial charge is 0.392 e. The number of hydrogen-bond donors (Lipinski definition) is 1. The molecule has 3 aromatic rings. The van der Waals surface area contributed by atoms with E-state index in [4.69, 9.17) is 4.98 Å². The molecular formula is C21H25N3O2. The van der Waals surface area contributed by atoms with Crippen molar-refractivity contribution in [3.63, 3.8) is 0 Å². The van der Waals surface area contributed by atoms with E-state index in [-0.39, 0.29) is 17.7 Å². The van der Waals surface area contributed by atoms with E-state index in [9.17, 15) is 9.90 Å². The molecule has 0 spiro atoms. The number of imidazole rings is 1. The second kappa shape index (κ2) is 6.92. The predicted octanol–water partition coefficient (Wildman–Crippen LogP) is 3.59. The number of rotatable bonds is 5. The number of pyridine rings is 1.